The average Bonchev–Trinajstić information content (AvgIpc) is 3.09. The van der Waals surface area contributed by atoms with Crippen LogP contribution in [-0.4, -0.2) is 50.6 Å². The Balaban J connectivity index is 1.62. The molecule has 2 aromatic carbocycles. The lowest BCUT2D eigenvalue weighted by molar-refractivity contribution is -0.137. The second-order valence-electron chi connectivity index (χ2n) is 7.74. The molecule has 7 heteroatoms. The van der Waals surface area contributed by atoms with Crippen molar-refractivity contribution in [2.45, 2.75) is 12.6 Å². The van der Waals surface area contributed by atoms with Crippen molar-refractivity contribution in [3.05, 3.63) is 65.2 Å². The van der Waals surface area contributed by atoms with Crippen molar-refractivity contribution in [2.24, 2.45) is 0 Å². The Morgan fingerprint density at radius 3 is 2.20 bits per heavy atom. The van der Waals surface area contributed by atoms with E-state index in [1.54, 1.807) is 0 Å². The Labute approximate surface area is 174 Å². The third-order valence-electron chi connectivity index (χ3n) is 5.74. The molecule has 2 fully saturated rings. The summed E-state index contributed by atoms with van der Waals surface area (Å²) < 4.78 is 40.2. The van der Waals surface area contributed by atoms with Crippen LogP contribution in [0.3, 0.4) is 0 Å². The number of carbonyl (C=O) groups is 1. The number of para-hydroxylation sites is 2. The fraction of sp³-hybridized carbons (Fsp3) is 0.348. The molecule has 0 bridgehead atoms. The van der Waals surface area contributed by atoms with Gasteiger partial charge in [0.25, 0.3) is 5.91 Å². The Kier molecular flexibility index (Phi) is 5.56. The molecule has 0 spiro atoms. The highest BCUT2D eigenvalue weighted by atomic mass is 19.4. The quantitative estimate of drug-likeness (QED) is 0.701. The first-order valence-electron chi connectivity index (χ1n) is 10.1. The molecule has 2 aliphatic heterocycles. The van der Waals surface area contributed by atoms with Crippen LogP contribution in [0.25, 0.3) is 6.08 Å². The van der Waals surface area contributed by atoms with Crippen LogP contribution >= 0.6 is 0 Å². The minimum Gasteiger partial charge on any atom is -0.368 e. The lowest BCUT2D eigenvalue weighted by Gasteiger charge is -2.35. The number of amides is 1. The molecule has 4 rings (SSSR count). The zero-order valence-electron chi connectivity index (χ0n) is 16.8. The highest BCUT2D eigenvalue weighted by Crippen LogP contribution is 2.39. The highest BCUT2D eigenvalue weighted by molar-refractivity contribution is 6.11. The summed E-state index contributed by atoms with van der Waals surface area (Å²) in [6.07, 6.45) is -2.24. The van der Waals surface area contributed by atoms with Crippen LogP contribution in [0.5, 0.6) is 0 Å². The molecule has 30 heavy (non-hydrogen) atoms. The van der Waals surface area contributed by atoms with Crippen LogP contribution in [0.15, 0.2) is 54.1 Å². The van der Waals surface area contributed by atoms with Gasteiger partial charge in [0, 0.05) is 44.0 Å². The van der Waals surface area contributed by atoms with Gasteiger partial charge in [0.1, 0.15) is 0 Å². The molecule has 2 aromatic rings. The van der Waals surface area contributed by atoms with Crippen molar-refractivity contribution in [1.82, 2.24) is 4.90 Å². The summed E-state index contributed by atoms with van der Waals surface area (Å²) in [5, 5.41) is 0. The van der Waals surface area contributed by atoms with Crippen molar-refractivity contribution in [1.29, 1.82) is 0 Å². The molecule has 0 N–H and O–H groups in total. The van der Waals surface area contributed by atoms with Crippen LogP contribution in [0.2, 0.25) is 0 Å². The van der Waals surface area contributed by atoms with Crippen molar-refractivity contribution in [3.63, 3.8) is 0 Å². The van der Waals surface area contributed by atoms with E-state index in [0.29, 0.717) is 12.0 Å². The predicted molar refractivity (Wildman–Crippen MR) is 113 cm³/mol. The summed E-state index contributed by atoms with van der Waals surface area (Å²) in [6.45, 7) is 3.97. The second-order valence-corrected chi connectivity index (χ2v) is 7.74. The Morgan fingerprint density at radius 1 is 0.867 bits per heavy atom. The standard InChI is InChI=1S/C23H24F3N3O/c1-27-12-14-28(15-13-27)20-8-4-2-6-17(20)16-18-10-11-29(22(18)30)21-9-5-3-7-19(21)23(24,25)26/h2-9,16H,10-15H2,1H3/b18-16-. The number of piperazine rings is 1. The molecule has 0 unspecified atom stereocenters. The first kappa shape index (κ1) is 20.5. The van der Waals surface area contributed by atoms with Gasteiger partial charge >= 0.3 is 6.18 Å². The molecule has 4 nitrogen and oxygen atoms in total. The molecule has 2 saturated heterocycles. The van der Waals surface area contributed by atoms with Crippen LogP contribution in [0.4, 0.5) is 24.5 Å². The summed E-state index contributed by atoms with van der Waals surface area (Å²) in [6, 6.07) is 13.1. The lowest BCUT2D eigenvalue weighted by atomic mass is 10.1. The van der Waals surface area contributed by atoms with Crippen LogP contribution in [0.1, 0.15) is 17.5 Å². The van der Waals surface area contributed by atoms with Gasteiger partial charge in [0.15, 0.2) is 0 Å². The summed E-state index contributed by atoms with van der Waals surface area (Å²) in [4.78, 5) is 18.8. The largest absolute Gasteiger partial charge is 0.418 e. The molecule has 1 amide bonds. The summed E-state index contributed by atoms with van der Waals surface area (Å²) in [5.74, 6) is -0.361. The minimum atomic E-state index is -4.50. The number of halogens is 3. The Bertz CT molecular complexity index is 962. The van der Waals surface area contributed by atoms with Crippen molar-refractivity contribution in [3.8, 4) is 0 Å². The molecule has 0 saturated carbocycles. The lowest BCUT2D eigenvalue weighted by Crippen LogP contribution is -2.44. The smallest absolute Gasteiger partial charge is 0.368 e. The maximum atomic E-state index is 13.4. The van der Waals surface area contributed by atoms with E-state index in [9.17, 15) is 18.0 Å². The van der Waals surface area contributed by atoms with Gasteiger partial charge in [-0.25, -0.2) is 0 Å². The van der Waals surface area contributed by atoms with Gasteiger partial charge in [0.2, 0.25) is 0 Å². The van der Waals surface area contributed by atoms with Gasteiger partial charge in [-0.3, -0.25) is 4.79 Å². The number of hydrogen-bond donors (Lipinski definition) is 0. The molecule has 0 aliphatic carbocycles. The maximum absolute atomic E-state index is 13.4. The maximum Gasteiger partial charge on any atom is 0.418 e. The van der Waals surface area contributed by atoms with E-state index < -0.39 is 11.7 Å². The number of benzene rings is 2. The van der Waals surface area contributed by atoms with Gasteiger partial charge in [-0.15, -0.1) is 0 Å². The van der Waals surface area contributed by atoms with Crippen molar-refractivity contribution >= 4 is 23.4 Å². The first-order chi connectivity index (χ1) is 14.3. The van der Waals surface area contributed by atoms with Crippen molar-refractivity contribution in [2.75, 3.05) is 49.6 Å². The van der Waals surface area contributed by atoms with Gasteiger partial charge in [-0.05, 0) is 43.3 Å². The number of rotatable bonds is 3. The van der Waals surface area contributed by atoms with Gasteiger partial charge in [-0.1, -0.05) is 30.3 Å². The second kappa shape index (κ2) is 8.14. The van der Waals surface area contributed by atoms with Gasteiger partial charge in [-0.2, -0.15) is 13.2 Å². The molecular formula is C23H24F3N3O. The van der Waals surface area contributed by atoms with Crippen LogP contribution in [0, 0.1) is 0 Å². The zero-order valence-corrected chi connectivity index (χ0v) is 16.8. The number of likely N-dealkylation sites (N-methyl/N-ethyl adjacent to an activating group) is 1. The average molecular weight is 415 g/mol. The molecule has 2 aliphatic rings. The molecule has 0 radical (unpaired) electrons. The molecule has 2 heterocycles. The minimum absolute atomic E-state index is 0.0780. The summed E-state index contributed by atoms with van der Waals surface area (Å²) in [5.41, 5.74) is 1.66. The van der Waals surface area contributed by atoms with E-state index in [1.165, 1.54) is 23.1 Å². The van der Waals surface area contributed by atoms with Gasteiger partial charge < -0.3 is 14.7 Å². The molecule has 0 aromatic heterocycles. The molecule has 158 valence electrons. The fourth-order valence-electron chi connectivity index (χ4n) is 4.06. The number of anilines is 2. The van der Waals surface area contributed by atoms with Crippen LogP contribution in [-0.2, 0) is 11.0 Å². The third-order valence-corrected chi connectivity index (χ3v) is 5.74. The molecule has 0 atom stereocenters. The van der Waals surface area contributed by atoms with E-state index in [-0.39, 0.29) is 18.1 Å². The van der Waals surface area contributed by atoms with E-state index >= 15 is 0 Å². The molecular weight excluding hydrogens is 391 g/mol. The fourth-order valence-corrected chi connectivity index (χ4v) is 4.06. The predicted octanol–water partition coefficient (Wildman–Crippen LogP) is 4.28. The normalized spacial score (nSPS) is 19.7. The van der Waals surface area contributed by atoms with E-state index in [1.807, 2.05) is 30.3 Å². The number of carbonyl (C=O) groups excluding carboxylic acids is 1. The van der Waals surface area contributed by atoms with E-state index in [4.69, 9.17) is 0 Å². The van der Waals surface area contributed by atoms with Crippen LogP contribution < -0.4 is 9.80 Å². The summed E-state index contributed by atoms with van der Waals surface area (Å²) in [7, 11) is 2.09. The monoisotopic (exact) mass is 415 g/mol. The highest BCUT2D eigenvalue weighted by Gasteiger charge is 2.38. The Hall–Kier alpha value is -2.80. The SMILES string of the molecule is CN1CCN(c2ccccc2/C=C2/CCN(c3ccccc3C(F)(F)F)C2=O)CC1. The zero-order chi connectivity index (χ0) is 21.3. The number of alkyl halides is 3. The number of hydrogen-bond acceptors (Lipinski definition) is 3. The topological polar surface area (TPSA) is 26.8 Å². The Morgan fingerprint density at radius 2 is 1.50 bits per heavy atom. The van der Waals surface area contributed by atoms with Crippen molar-refractivity contribution < 1.29 is 18.0 Å². The van der Waals surface area contributed by atoms with Gasteiger partial charge in [0.05, 0.1) is 11.3 Å². The van der Waals surface area contributed by atoms with E-state index in [0.717, 1.165) is 43.5 Å². The summed E-state index contributed by atoms with van der Waals surface area (Å²) >= 11 is 0. The van der Waals surface area contributed by atoms with E-state index in [2.05, 4.69) is 16.8 Å². The third kappa shape index (κ3) is 4.07. The number of nitrogens with zero attached hydrogens (tertiary/aromatic N) is 3. The first-order valence-corrected chi connectivity index (χ1v) is 10.1.